The second-order valence-electron chi connectivity index (χ2n) is 6.89. The first kappa shape index (κ1) is 17.1. The minimum Gasteiger partial charge on any atom is -0.481 e. The minimum atomic E-state index is -0.559. The van der Waals surface area contributed by atoms with Gasteiger partial charge in [-0.25, -0.2) is 0 Å². The highest BCUT2D eigenvalue weighted by molar-refractivity contribution is 5.94. The van der Waals surface area contributed by atoms with Crippen LogP contribution in [0.1, 0.15) is 38.8 Å². The molecule has 1 amide bonds. The molecule has 1 atom stereocenters. The molecule has 0 saturated heterocycles. The smallest absolute Gasteiger partial charge is 0.265 e. The summed E-state index contributed by atoms with van der Waals surface area (Å²) in [4.78, 5) is 12.2. The summed E-state index contributed by atoms with van der Waals surface area (Å²) in [7, 11) is 0. The molecule has 0 fully saturated rings. The van der Waals surface area contributed by atoms with Crippen molar-refractivity contribution in [2.75, 3.05) is 5.32 Å². The Morgan fingerprint density at radius 2 is 1.74 bits per heavy atom. The van der Waals surface area contributed by atoms with E-state index in [9.17, 15) is 4.79 Å². The Bertz CT molecular complexity index is 669. The minimum absolute atomic E-state index is 0.104. The maximum atomic E-state index is 12.2. The third-order valence-electron chi connectivity index (χ3n) is 3.69. The highest BCUT2D eigenvalue weighted by atomic mass is 16.5. The predicted molar refractivity (Wildman–Crippen MR) is 95.0 cm³/mol. The van der Waals surface area contributed by atoms with Crippen LogP contribution >= 0.6 is 0 Å². The van der Waals surface area contributed by atoms with Gasteiger partial charge in [-0.2, -0.15) is 0 Å². The van der Waals surface area contributed by atoms with Crippen LogP contribution in [0.5, 0.6) is 5.75 Å². The van der Waals surface area contributed by atoms with Crippen molar-refractivity contribution in [3.8, 4) is 5.75 Å². The Balaban J connectivity index is 1.98. The zero-order chi connectivity index (χ0) is 17.0. The van der Waals surface area contributed by atoms with Crippen LogP contribution in [-0.4, -0.2) is 12.0 Å². The molecule has 0 aromatic heterocycles. The summed E-state index contributed by atoms with van der Waals surface area (Å²) in [5.41, 5.74) is 3.23. The average Bonchev–Trinajstić information content (AvgIpc) is 2.46. The van der Waals surface area contributed by atoms with Crippen LogP contribution in [0.2, 0.25) is 0 Å². The molecule has 2 aromatic rings. The molecule has 0 aliphatic rings. The normalized spacial score (nSPS) is 12.6. The van der Waals surface area contributed by atoms with Crippen LogP contribution in [-0.2, 0) is 10.2 Å². The molecule has 0 aliphatic heterocycles. The third-order valence-corrected chi connectivity index (χ3v) is 3.69. The fourth-order valence-electron chi connectivity index (χ4n) is 2.26. The van der Waals surface area contributed by atoms with E-state index in [2.05, 4.69) is 26.1 Å². The second-order valence-corrected chi connectivity index (χ2v) is 6.89. The summed E-state index contributed by atoms with van der Waals surface area (Å²) < 4.78 is 5.73. The number of carbonyl (C=O) groups is 1. The maximum Gasteiger partial charge on any atom is 0.265 e. The van der Waals surface area contributed by atoms with Gasteiger partial charge in [0.15, 0.2) is 6.10 Å². The molecule has 2 rings (SSSR count). The number of amides is 1. The van der Waals surface area contributed by atoms with E-state index in [1.807, 2.05) is 55.5 Å². The zero-order valence-electron chi connectivity index (χ0n) is 14.5. The Kier molecular flexibility index (Phi) is 5.09. The molecule has 0 unspecified atom stereocenters. The van der Waals surface area contributed by atoms with E-state index >= 15 is 0 Å². The molecule has 0 saturated carbocycles. The number of rotatable bonds is 4. The Morgan fingerprint density at radius 3 is 2.30 bits per heavy atom. The molecule has 3 nitrogen and oxygen atoms in total. The fourth-order valence-corrected chi connectivity index (χ4v) is 2.26. The monoisotopic (exact) mass is 311 g/mol. The van der Waals surface area contributed by atoms with Crippen molar-refractivity contribution in [1.82, 2.24) is 0 Å². The van der Waals surface area contributed by atoms with Crippen LogP contribution in [0.15, 0.2) is 48.5 Å². The van der Waals surface area contributed by atoms with E-state index in [0.29, 0.717) is 5.75 Å². The topological polar surface area (TPSA) is 38.3 Å². The molecule has 0 radical (unpaired) electrons. The number of benzene rings is 2. The van der Waals surface area contributed by atoms with Gasteiger partial charge in [-0.1, -0.05) is 45.0 Å². The van der Waals surface area contributed by atoms with Crippen molar-refractivity contribution in [2.45, 2.75) is 46.1 Å². The number of carbonyl (C=O) groups excluding carboxylic acids is 1. The van der Waals surface area contributed by atoms with Crippen LogP contribution in [0, 0.1) is 6.92 Å². The molecular formula is C20H25NO2. The van der Waals surface area contributed by atoms with Crippen LogP contribution < -0.4 is 10.1 Å². The number of hydrogen-bond acceptors (Lipinski definition) is 2. The van der Waals surface area contributed by atoms with Crippen molar-refractivity contribution in [3.63, 3.8) is 0 Å². The van der Waals surface area contributed by atoms with Gasteiger partial charge in [0.05, 0.1) is 0 Å². The van der Waals surface area contributed by atoms with Crippen molar-refractivity contribution >= 4 is 11.6 Å². The first-order valence-corrected chi connectivity index (χ1v) is 7.90. The van der Waals surface area contributed by atoms with Gasteiger partial charge in [0.1, 0.15) is 5.75 Å². The zero-order valence-corrected chi connectivity index (χ0v) is 14.5. The first-order valence-electron chi connectivity index (χ1n) is 7.90. The summed E-state index contributed by atoms with van der Waals surface area (Å²) in [5, 5.41) is 2.87. The number of aryl methyl sites for hydroxylation is 1. The van der Waals surface area contributed by atoms with E-state index in [1.165, 1.54) is 5.56 Å². The van der Waals surface area contributed by atoms with Crippen molar-refractivity contribution in [3.05, 3.63) is 59.7 Å². The lowest BCUT2D eigenvalue weighted by Gasteiger charge is -2.20. The second kappa shape index (κ2) is 6.86. The van der Waals surface area contributed by atoms with Crippen molar-refractivity contribution in [1.29, 1.82) is 0 Å². The van der Waals surface area contributed by atoms with Crippen LogP contribution in [0.4, 0.5) is 5.69 Å². The molecule has 23 heavy (non-hydrogen) atoms. The van der Waals surface area contributed by atoms with Gasteiger partial charge >= 0.3 is 0 Å². The fraction of sp³-hybridized carbons (Fsp3) is 0.350. The molecule has 0 aliphatic carbocycles. The van der Waals surface area contributed by atoms with E-state index < -0.39 is 6.10 Å². The SMILES string of the molecule is Cc1cccc(NC(=O)[C@@H](C)Oc2ccc(C(C)(C)C)cc2)c1. The number of anilines is 1. The van der Waals surface area contributed by atoms with E-state index in [1.54, 1.807) is 6.92 Å². The molecule has 2 aromatic carbocycles. The van der Waals surface area contributed by atoms with Crippen molar-refractivity contribution < 1.29 is 9.53 Å². The molecule has 3 heteroatoms. The van der Waals surface area contributed by atoms with Gasteiger partial charge < -0.3 is 10.1 Å². The van der Waals surface area contributed by atoms with Gasteiger partial charge in [-0.15, -0.1) is 0 Å². The number of nitrogens with one attached hydrogen (secondary N) is 1. The Morgan fingerprint density at radius 1 is 1.09 bits per heavy atom. The summed E-state index contributed by atoms with van der Waals surface area (Å²) in [6.45, 7) is 10.2. The lowest BCUT2D eigenvalue weighted by atomic mass is 9.87. The average molecular weight is 311 g/mol. The summed E-state index contributed by atoms with van der Waals surface area (Å²) in [5.74, 6) is 0.542. The van der Waals surface area contributed by atoms with Gasteiger partial charge in [0, 0.05) is 5.69 Å². The van der Waals surface area contributed by atoms with E-state index in [-0.39, 0.29) is 11.3 Å². The predicted octanol–water partition coefficient (Wildman–Crippen LogP) is 4.70. The number of ether oxygens (including phenoxy) is 1. The standard InChI is InChI=1S/C20H25NO2/c1-14-7-6-8-17(13-14)21-19(22)15(2)23-18-11-9-16(10-12-18)20(3,4)5/h6-13,15H,1-5H3,(H,21,22)/t15-/m1/s1. The summed E-state index contributed by atoms with van der Waals surface area (Å²) in [6, 6.07) is 15.6. The maximum absolute atomic E-state index is 12.2. The van der Waals surface area contributed by atoms with Gasteiger partial charge in [0.2, 0.25) is 0 Å². The van der Waals surface area contributed by atoms with E-state index in [4.69, 9.17) is 4.74 Å². The van der Waals surface area contributed by atoms with Crippen LogP contribution in [0.25, 0.3) is 0 Å². The molecular weight excluding hydrogens is 286 g/mol. The third kappa shape index (κ3) is 4.85. The molecule has 0 bridgehead atoms. The Hall–Kier alpha value is -2.29. The van der Waals surface area contributed by atoms with Crippen LogP contribution in [0.3, 0.4) is 0 Å². The lowest BCUT2D eigenvalue weighted by molar-refractivity contribution is -0.122. The van der Waals surface area contributed by atoms with Gasteiger partial charge in [-0.3, -0.25) is 4.79 Å². The Labute approximate surface area is 138 Å². The largest absolute Gasteiger partial charge is 0.481 e. The molecule has 122 valence electrons. The van der Waals surface area contributed by atoms with Gasteiger partial charge in [0.25, 0.3) is 5.91 Å². The van der Waals surface area contributed by atoms with E-state index in [0.717, 1.165) is 11.3 Å². The number of hydrogen-bond donors (Lipinski definition) is 1. The molecule has 1 N–H and O–H groups in total. The quantitative estimate of drug-likeness (QED) is 0.889. The first-order chi connectivity index (χ1) is 10.8. The highest BCUT2D eigenvalue weighted by Gasteiger charge is 2.16. The highest BCUT2D eigenvalue weighted by Crippen LogP contribution is 2.24. The van der Waals surface area contributed by atoms with Crippen molar-refractivity contribution in [2.24, 2.45) is 0 Å². The molecule has 0 heterocycles. The summed E-state index contributed by atoms with van der Waals surface area (Å²) >= 11 is 0. The summed E-state index contributed by atoms with van der Waals surface area (Å²) in [6.07, 6.45) is -0.559. The lowest BCUT2D eigenvalue weighted by Crippen LogP contribution is -2.30. The molecule has 0 spiro atoms. The van der Waals surface area contributed by atoms with Gasteiger partial charge in [-0.05, 0) is 54.7 Å².